The molecule has 0 amide bonds. The number of para-hydroxylation sites is 2. The zero-order valence-corrected chi connectivity index (χ0v) is 21.0. The first-order valence-corrected chi connectivity index (χ1v) is 12.4. The Morgan fingerprint density at radius 3 is 1.94 bits per heavy atom. The number of alkyl halides is 3. The third-order valence-corrected chi connectivity index (χ3v) is 7.50. The first-order chi connectivity index (χ1) is 16.8. The molecule has 1 N–H and O–H groups in total. The molecule has 0 aromatic heterocycles. The van der Waals surface area contributed by atoms with E-state index in [0.29, 0.717) is 31.5 Å². The van der Waals surface area contributed by atoms with E-state index >= 15 is 0 Å². The molecule has 0 radical (unpaired) electrons. The minimum Gasteiger partial charge on any atom is -0.385 e. The molecular formula is C29H32ClF3N2O. The first-order valence-electron chi connectivity index (χ1n) is 12.4. The molecule has 3 aromatic rings. The van der Waals surface area contributed by atoms with Gasteiger partial charge in [-0.1, -0.05) is 48.5 Å². The van der Waals surface area contributed by atoms with Gasteiger partial charge in [0.25, 0.3) is 0 Å². The third-order valence-electron chi connectivity index (χ3n) is 7.50. The highest BCUT2D eigenvalue weighted by atomic mass is 35.5. The Labute approximate surface area is 217 Å². The minimum atomic E-state index is -4.41. The Bertz CT molecular complexity index is 1130. The third kappa shape index (κ3) is 5.56. The van der Waals surface area contributed by atoms with Crippen LogP contribution in [0.2, 0.25) is 0 Å². The van der Waals surface area contributed by atoms with Gasteiger partial charge in [-0.3, -0.25) is 0 Å². The predicted molar refractivity (Wildman–Crippen MR) is 140 cm³/mol. The lowest BCUT2D eigenvalue weighted by atomic mass is 9.83. The molecule has 2 aliphatic heterocycles. The van der Waals surface area contributed by atoms with Crippen molar-refractivity contribution in [1.82, 2.24) is 4.90 Å². The highest BCUT2D eigenvalue weighted by molar-refractivity contribution is 5.85. The molecule has 1 saturated heterocycles. The topological polar surface area (TPSA) is 26.7 Å². The normalized spacial score (nSPS) is 17.5. The van der Waals surface area contributed by atoms with Crippen LogP contribution in [-0.2, 0) is 24.6 Å². The maximum Gasteiger partial charge on any atom is 0.416 e. The number of nitrogens with zero attached hydrogens (tertiary/aromatic N) is 2. The van der Waals surface area contributed by atoms with Crippen LogP contribution in [0.3, 0.4) is 0 Å². The number of aryl methyl sites for hydroxylation is 2. The molecule has 5 rings (SSSR count). The Morgan fingerprint density at radius 2 is 1.36 bits per heavy atom. The van der Waals surface area contributed by atoms with Gasteiger partial charge in [-0.05, 0) is 79.6 Å². The number of benzene rings is 3. The van der Waals surface area contributed by atoms with Crippen LogP contribution in [0.5, 0.6) is 0 Å². The predicted octanol–water partition coefficient (Wildman–Crippen LogP) is 6.74. The van der Waals surface area contributed by atoms with Crippen LogP contribution in [0.4, 0.5) is 24.5 Å². The molecule has 1 fully saturated rings. The van der Waals surface area contributed by atoms with Crippen LogP contribution in [0.25, 0.3) is 0 Å². The van der Waals surface area contributed by atoms with E-state index in [1.807, 2.05) is 0 Å². The van der Waals surface area contributed by atoms with E-state index in [0.717, 1.165) is 44.5 Å². The summed E-state index contributed by atoms with van der Waals surface area (Å²) in [4.78, 5) is 4.75. The molecule has 36 heavy (non-hydrogen) atoms. The zero-order valence-electron chi connectivity index (χ0n) is 20.2. The molecule has 0 atom stereocenters. The molecule has 0 bridgehead atoms. The molecular weight excluding hydrogens is 485 g/mol. The smallest absolute Gasteiger partial charge is 0.385 e. The fraction of sp³-hybridized carbons (Fsp3) is 0.379. The molecule has 192 valence electrons. The molecule has 0 aliphatic carbocycles. The summed E-state index contributed by atoms with van der Waals surface area (Å²) in [5.41, 5.74) is 3.74. The lowest BCUT2D eigenvalue weighted by molar-refractivity contribution is -0.137. The second-order valence-corrected chi connectivity index (χ2v) is 9.71. The molecule has 2 aliphatic rings. The largest absolute Gasteiger partial charge is 0.416 e. The molecule has 7 heteroatoms. The van der Waals surface area contributed by atoms with Crippen molar-refractivity contribution in [1.29, 1.82) is 0 Å². The molecule has 0 unspecified atom stereocenters. The number of halogens is 4. The number of anilines is 2. The van der Waals surface area contributed by atoms with Crippen LogP contribution < -0.4 is 4.90 Å². The molecule has 0 spiro atoms. The standard InChI is InChI=1S/C29H31F3N2O.ClH/c30-29(31,32)25-10-5-9-24(21-25)28(35)15-19-33(20-16-28)17-6-18-34-26-11-3-1-7-22(26)13-14-23-8-2-4-12-27(23)34;/h1-5,7-12,21,35H,6,13-20H2;1H. The average molecular weight is 517 g/mol. The van der Waals surface area contributed by atoms with Gasteiger partial charge >= 0.3 is 6.18 Å². The highest BCUT2D eigenvalue weighted by Gasteiger charge is 2.37. The summed E-state index contributed by atoms with van der Waals surface area (Å²) < 4.78 is 39.4. The van der Waals surface area contributed by atoms with Crippen LogP contribution in [0, 0.1) is 0 Å². The van der Waals surface area contributed by atoms with E-state index in [1.54, 1.807) is 6.07 Å². The van der Waals surface area contributed by atoms with E-state index in [9.17, 15) is 18.3 Å². The van der Waals surface area contributed by atoms with Crippen molar-refractivity contribution >= 4 is 23.8 Å². The van der Waals surface area contributed by atoms with E-state index < -0.39 is 17.3 Å². The average Bonchev–Trinajstić information content (AvgIpc) is 3.02. The summed E-state index contributed by atoms with van der Waals surface area (Å²) in [7, 11) is 0. The minimum absolute atomic E-state index is 0. The Kier molecular flexibility index (Phi) is 7.98. The number of rotatable bonds is 5. The quantitative estimate of drug-likeness (QED) is 0.407. The maximum absolute atomic E-state index is 13.1. The number of hydrogen-bond donors (Lipinski definition) is 1. The van der Waals surface area contributed by atoms with Crippen LogP contribution >= 0.6 is 12.4 Å². The summed E-state index contributed by atoms with van der Waals surface area (Å²) >= 11 is 0. The fourth-order valence-electron chi connectivity index (χ4n) is 5.48. The highest BCUT2D eigenvalue weighted by Crippen LogP contribution is 2.38. The van der Waals surface area contributed by atoms with Gasteiger partial charge in [0.15, 0.2) is 0 Å². The maximum atomic E-state index is 13.1. The van der Waals surface area contributed by atoms with Crippen molar-refractivity contribution in [3.05, 3.63) is 95.1 Å². The van der Waals surface area contributed by atoms with Gasteiger partial charge in [0.1, 0.15) is 0 Å². The van der Waals surface area contributed by atoms with Crippen LogP contribution in [0.1, 0.15) is 41.5 Å². The fourth-order valence-corrected chi connectivity index (χ4v) is 5.48. The van der Waals surface area contributed by atoms with Crippen molar-refractivity contribution in [2.24, 2.45) is 0 Å². The van der Waals surface area contributed by atoms with Gasteiger partial charge in [-0.25, -0.2) is 0 Å². The number of likely N-dealkylation sites (tertiary alicyclic amines) is 1. The van der Waals surface area contributed by atoms with Crippen molar-refractivity contribution < 1.29 is 18.3 Å². The molecule has 3 nitrogen and oxygen atoms in total. The summed E-state index contributed by atoms with van der Waals surface area (Å²) in [6.07, 6.45) is -0.510. The van der Waals surface area contributed by atoms with Gasteiger partial charge < -0.3 is 14.9 Å². The number of aliphatic hydroxyl groups is 1. The van der Waals surface area contributed by atoms with Crippen molar-refractivity contribution in [3.63, 3.8) is 0 Å². The molecule has 3 aromatic carbocycles. The summed E-state index contributed by atoms with van der Waals surface area (Å²) in [6.45, 7) is 3.11. The second kappa shape index (κ2) is 10.8. The summed E-state index contributed by atoms with van der Waals surface area (Å²) in [6, 6.07) is 22.4. The first kappa shape index (κ1) is 26.5. The van der Waals surface area contributed by atoms with Crippen LogP contribution in [-0.4, -0.2) is 36.2 Å². The number of piperidine rings is 1. The van der Waals surface area contributed by atoms with Crippen molar-refractivity contribution in [3.8, 4) is 0 Å². The van der Waals surface area contributed by atoms with E-state index in [1.165, 1.54) is 28.6 Å². The SMILES string of the molecule is Cl.OC1(c2cccc(C(F)(F)F)c2)CCN(CCCN2c3ccccc3CCc3ccccc32)CC1. The van der Waals surface area contributed by atoms with Crippen LogP contribution in [0.15, 0.2) is 72.8 Å². The van der Waals surface area contributed by atoms with Gasteiger partial charge in [-0.15, -0.1) is 12.4 Å². The van der Waals surface area contributed by atoms with E-state index in [-0.39, 0.29) is 12.4 Å². The van der Waals surface area contributed by atoms with Gasteiger partial charge in [0, 0.05) is 31.0 Å². The second-order valence-electron chi connectivity index (χ2n) is 9.71. The Hall–Kier alpha value is -2.54. The Morgan fingerprint density at radius 1 is 0.778 bits per heavy atom. The Balaban J connectivity index is 0.00000304. The molecule has 0 saturated carbocycles. The zero-order chi connectivity index (χ0) is 24.5. The van der Waals surface area contributed by atoms with Crippen molar-refractivity contribution in [2.75, 3.05) is 31.1 Å². The lowest BCUT2D eigenvalue weighted by Crippen LogP contribution is -2.43. The van der Waals surface area contributed by atoms with Gasteiger partial charge in [-0.2, -0.15) is 13.2 Å². The summed E-state index contributed by atoms with van der Waals surface area (Å²) in [5.74, 6) is 0. The van der Waals surface area contributed by atoms with Crippen molar-refractivity contribution in [2.45, 2.75) is 43.9 Å². The summed E-state index contributed by atoms with van der Waals surface area (Å²) in [5, 5.41) is 11.1. The molecule has 2 heterocycles. The monoisotopic (exact) mass is 516 g/mol. The van der Waals surface area contributed by atoms with Gasteiger partial charge in [0.2, 0.25) is 0 Å². The van der Waals surface area contributed by atoms with E-state index in [4.69, 9.17) is 0 Å². The lowest BCUT2D eigenvalue weighted by Gasteiger charge is -2.39. The van der Waals surface area contributed by atoms with Gasteiger partial charge in [0.05, 0.1) is 11.2 Å². The number of fused-ring (bicyclic) bond motifs is 2. The van der Waals surface area contributed by atoms with E-state index in [2.05, 4.69) is 58.3 Å². The number of hydrogen-bond acceptors (Lipinski definition) is 3.